The van der Waals surface area contributed by atoms with Gasteiger partial charge in [0, 0.05) is 18.9 Å². The minimum absolute atomic E-state index is 0.0452. The van der Waals surface area contributed by atoms with Crippen molar-refractivity contribution in [1.82, 2.24) is 0 Å². The van der Waals surface area contributed by atoms with Gasteiger partial charge in [-0.2, -0.15) is 0 Å². The highest BCUT2D eigenvalue weighted by molar-refractivity contribution is 5.81. The Hall–Kier alpha value is -1.32. The summed E-state index contributed by atoms with van der Waals surface area (Å²) in [5, 5.41) is 0. The molecule has 0 N–H and O–H groups in total. The zero-order valence-corrected chi connectivity index (χ0v) is 11.2. The molecule has 0 radical (unpaired) electrons. The molecule has 3 aliphatic rings. The molecule has 0 amide bonds. The van der Waals surface area contributed by atoms with Crippen LogP contribution in [0.3, 0.4) is 0 Å². The molecule has 0 aliphatic heterocycles. The summed E-state index contributed by atoms with van der Waals surface area (Å²) in [5.41, 5.74) is 0. The molecule has 0 aromatic heterocycles. The minimum Gasteiger partial charge on any atom is -0.462 e. The SMILES string of the molecule is C=CC(=O)OC1CCC2C3CC(CC3OC(C)=O)C12. The third kappa shape index (κ3) is 2.07. The van der Waals surface area contributed by atoms with Gasteiger partial charge in [-0.3, -0.25) is 4.79 Å². The van der Waals surface area contributed by atoms with Crippen LogP contribution in [-0.2, 0) is 19.1 Å². The maximum absolute atomic E-state index is 11.4. The molecule has 3 fully saturated rings. The quantitative estimate of drug-likeness (QED) is 0.578. The number of esters is 2. The van der Waals surface area contributed by atoms with Gasteiger partial charge in [-0.1, -0.05) is 6.58 Å². The second kappa shape index (κ2) is 4.66. The van der Waals surface area contributed by atoms with E-state index in [9.17, 15) is 9.59 Å². The van der Waals surface area contributed by atoms with Crippen LogP contribution in [0.1, 0.15) is 32.6 Å². The fourth-order valence-electron chi connectivity index (χ4n) is 4.69. The van der Waals surface area contributed by atoms with Gasteiger partial charge in [0.2, 0.25) is 0 Å². The third-order valence-electron chi connectivity index (χ3n) is 5.14. The molecule has 3 aliphatic carbocycles. The Morgan fingerprint density at radius 3 is 2.58 bits per heavy atom. The predicted octanol–water partition coefficient (Wildman–Crippen LogP) is 2.08. The fraction of sp³-hybridized carbons (Fsp3) is 0.733. The largest absolute Gasteiger partial charge is 0.462 e. The Morgan fingerprint density at radius 2 is 1.89 bits per heavy atom. The summed E-state index contributed by atoms with van der Waals surface area (Å²) in [4.78, 5) is 22.5. The van der Waals surface area contributed by atoms with Crippen LogP contribution in [0.2, 0.25) is 0 Å². The van der Waals surface area contributed by atoms with E-state index in [2.05, 4.69) is 6.58 Å². The van der Waals surface area contributed by atoms with Crippen LogP contribution in [0.4, 0.5) is 0 Å². The van der Waals surface area contributed by atoms with Gasteiger partial charge in [-0.15, -0.1) is 0 Å². The van der Waals surface area contributed by atoms with E-state index >= 15 is 0 Å². The van der Waals surface area contributed by atoms with Crippen LogP contribution in [0.15, 0.2) is 12.7 Å². The summed E-state index contributed by atoms with van der Waals surface area (Å²) in [6.07, 6.45) is 5.46. The van der Waals surface area contributed by atoms with Crippen LogP contribution in [0.25, 0.3) is 0 Å². The van der Waals surface area contributed by atoms with Gasteiger partial charge in [0.15, 0.2) is 0 Å². The van der Waals surface area contributed by atoms with E-state index in [0.717, 1.165) is 25.7 Å². The summed E-state index contributed by atoms with van der Waals surface area (Å²) in [7, 11) is 0. The molecule has 19 heavy (non-hydrogen) atoms. The van der Waals surface area contributed by atoms with Gasteiger partial charge in [-0.05, 0) is 43.4 Å². The molecule has 0 spiro atoms. The molecule has 0 heterocycles. The highest BCUT2D eigenvalue weighted by atomic mass is 16.5. The molecule has 0 aromatic rings. The van der Waals surface area contributed by atoms with E-state index in [1.54, 1.807) is 0 Å². The Labute approximate surface area is 113 Å². The first-order valence-electron chi connectivity index (χ1n) is 7.10. The second-order valence-electron chi connectivity index (χ2n) is 6.04. The van der Waals surface area contributed by atoms with Crippen molar-refractivity contribution in [3.63, 3.8) is 0 Å². The first-order chi connectivity index (χ1) is 9.10. The number of carbonyl (C=O) groups excluding carboxylic acids is 2. The maximum Gasteiger partial charge on any atom is 0.330 e. The highest BCUT2D eigenvalue weighted by Crippen LogP contribution is 2.60. The number of fused-ring (bicyclic) bond motifs is 5. The molecule has 6 atom stereocenters. The van der Waals surface area contributed by atoms with Crippen LogP contribution in [-0.4, -0.2) is 24.1 Å². The monoisotopic (exact) mass is 264 g/mol. The van der Waals surface area contributed by atoms with Crippen LogP contribution in [0.5, 0.6) is 0 Å². The molecular weight excluding hydrogens is 244 g/mol. The number of hydrogen-bond acceptors (Lipinski definition) is 4. The van der Waals surface area contributed by atoms with Gasteiger partial charge in [0.25, 0.3) is 0 Å². The molecule has 2 bridgehead atoms. The molecule has 4 heteroatoms. The zero-order valence-electron chi connectivity index (χ0n) is 11.2. The molecule has 4 nitrogen and oxygen atoms in total. The van der Waals surface area contributed by atoms with Gasteiger partial charge < -0.3 is 9.47 Å². The van der Waals surface area contributed by atoms with Crippen molar-refractivity contribution in [2.45, 2.75) is 44.8 Å². The summed E-state index contributed by atoms with van der Waals surface area (Å²) >= 11 is 0. The van der Waals surface area contributed by atoms with Crippen molar-refractivity contribution in [2.24, 2.45) is 23.7 Å². The molecule has 3 rings (SSSR count). The Balaban J connectivity index is 1.67. The Morgan fingerprint density at radius 1 is 1.11 bits per heavy atom. The first kappa shape index (κ1) is 12.7. The van der Waals surface area contributed by atoms with Crippen molar-refractivity contribution < 1.29 is 19.1 Å². The smallest absolute Gasteiger partial charge is 0.330 e. The lowest BCUT2D eigenvalue weighted by Gasteiger charge is -2.32. The molecule has 0 aromatic carbocycles. The topological polar surface area (TPSA) is 52.6 Å². The average molecular weight is 264 g/mol. The van der Waals surface area contributed by atoms with Crippen molar-refractivity contribution in [3.8, 4) is 0 Å². The van der Waals surface area contributed by atoms with Gasteiger partial charge in [0.05, 0.1) is 0 Å². The highest BCUT2D eigenvalue weighted by Gasteiger charge is 2.59. The minimum atomic E-state index is -0.315. The lowest BCUT2D eigenvalue weighted by atomic mass is 9.79. The van der Waals surface area contributed by atoms with Crippen LogP contribution in [0, 0.1) is 23.7 Å². The lowest BCUT2D eigenvalue weighted by molar-refractivity contribution is -0.151. The number of hydrogen-bond donors (Lipinski definition) is 0. The van der Waals surface area contributed by atoms with E-state index in [0.29, 0.717) is 23.7 Å². The zero-order chi connectivity index (χ0) is 13.6. The first-order valence-corrected chi connectivity index (χ1v) is 7.10. The van der Waals surface area contributed by atoms with Crippen molar-refractivity contribution in [2.75, 3.05) is 0 Å². The van der Waals surface area contributed by atoms with Gasteiger partial charge in [0.1, 0.15) is 12.2 Å². The van der Waals surface area contributed by atoms with E-state index in [1.807, 2.05) is 0 Å². The van der Waals surface area contributed by atoms with Crippen molar-refractivity contribution in [1.29, 1.82) is 0 Å². The van der Waals surface area contributed by atoms with Gasteiger partial charge in [-0.25, -0.2) is 4.79 Å². The summed E-state index contributed by atoms with van der Waals surface area (Å²) in [6.45, 7) is 4.93. The van der Waals surface area contributed by atoms with Crippen molar-refractivity contribution in [3.05, 3.63) is 12.7 Å². The van der Waals surface area contributed by atoms with E-state index in [4.69, 9.17) is 9.47 Å². The summed E-state index contributed by atoms with van der Waals surface area (Å²) in [5.74, 6) is 1.56. The van der Waals surface area contributed by atoms with Gasteiger partial charge >= 0.3 is 11.9 Å². The third-order valence-corrected chi connectivity index (χ3v) is 5.14. The Bertz CT molecular complexity index is 416. The predicted molar refractivity (Wildman–Crippen MR) is 68.1 cm³/mol. The maximum atomic E-state index is 11.4. The van der Waals surface area contributed by atoms with E-state index < -0.39 is 0 Å². The Kier molecular flexibility index (Phi) is 3.11. The number of carbonyl (C=O) groups is 2. The molecule has 0 saturated heterocycles. The van der Waals surface area contributed by atoms with Crippen molar-refractivity contribution >= 4 is 11.9 Å². The fourth-order valence-corrected chi connectivity index (χ4v) is 4.69. The van der Waals surface area contributed by atoms with E-state index in [-0.39, 0.29) is 24.1 Å². The van der Waals surface area contributed by atoms with E-state index in [1.165, 1.54) is 13.0 Å². The molecule has 3 saturated carbocycles. The summed E-state index contributed by atoms with van der Waals surface area (Å²) < 4.78 is 10.9. The second-order valence-corrected chi connectivity index (χ2v) is 6.04. The number of rotatable bonds is 3. The molecular formula is C15H20O4. The summed E-state index contributed by atoms with van der Waals surface area (Å²) in [6, 6.07) is 0. The average Bonchev–Trinajstić information content (AvgIpc) is 3.00. The molecule has 6 unspecified atom stereocenters. The lowest BCUT2D eigenvalue weighted by Crippen LogP contribution is -2.35. The number of ether oxygens (including phenoxy) is 2. The normalized spacial score (nSPS) is 42.8. The molecule has 104 valence electrons. The standard InChI is InChI=1S/C15H20O4/c1-3-14(17)19-12-5-4-10-11-6-9(15(10)12)7-13(11)18-8(2)16/h3,9-13,15H,1,4-7H2,2H3. The van der Waals surface area contributed by atoms with Crippen LogP contribution < -0.4 is 0 Å². The van der Waals surface area contributed by atoms with Crippen LogP contribution >= 0.6 is 0 Å².